The maximum Gasteiger partial charge on any atom is 0.252 e. The monoisotopic (exact) mass is 224 g/mol. The number of carbonyl (C=O) groups excluding carboxylic acids is 1. The van der Waals surface area contributed by atoms with Gasteiger partial charge in [0, 0.05) is 12.1 Å². The van der Waals surface area contributed by atoms with Gasteiger partial charge < -0.3 is 21.3 Å². The number of primary amides is 1. The molecule has 0 saturated carbocycles. The van der Waals surface area contributed by atoms with Gasteiger partial charge in [-0.2, -0.15) is 0 Å². The van der Waals surface area contributed by atoms with E-state index in [0.717, 1.165) is 0 Å². The molecule has 0 aliphatic rings. The van der Waals surface area contributed by atoms with Crippen molar-refractivity contribution in [3.8, 4) is 5.75 Å². The molecule has 0 bridgehead atoms. The zero-order chi connectivity index (χ0) is 12.1. The molecule has 1 atom stereocenters. The van der Waals surface area contributed by atoms with E-state index in [-0.39, 0.29) is 5.56 Å². The average molecular weight is 224 g/mol. The normalized spacial score (nSPS) is 12.1. The molecule has 0 saturated heterocycles. The standard InChI is InChI=1S/C11H16N2O3/c1-7(14)4-5-16-10-3-2-8(12)6-9(10)11(13)15/h2-3,6-7,14H,4-5,12H2,1H3,(H2,13,15). The van der Waals surface area contributed by atoms with E-state index in [4.69, 9.17) is 21.3 Å². The second-order valence-corrected chi connectivity index (χ2v) is 3.61. The molecule has 1 aromatic rings. The van der Waals surface area contributed by atoms with Crippen LogP contribution in [-0.2, 0) is 0 Å². The van der Waals surface area contributed by atoms with E-state index >= 15 is 0 Å². The topological polar surface area (TPSA) is 98.6 Å². The number of aliphatic hydroxyl groups excluding tert-OH is 1. The number of amides is 1. The molecule has 0 aliphatic carbocycles. The molecule has 1 unspecified atom stereocenters. The van der Waals surface area contributed by atoms with E-state index in [0.29, 0.717) is 24.5 Å². The van der Waals surface area contributed by atoms with E-state index < -0.39 is 12.0 Å². The number of aliphatic hydroxyl groups is 1. The molecule has 0 aliphatic heterocycles. The lowest BCUT2D eigenvalue weighted by molar-refractivity contribution is 0.0995. The Morgan fingerprint density at radius 3 is 2.81 bits per heavy atom. The van der Waals surface area contributed by atoms with Crippen molar-refractivity contribution in [2.75, 3.05) is 12.3 Å². The second-order valence-electron chi connectivity index (χ2n) is 3.61. The Hall–Kier alpha value is -1.75. The number of hydrogen-bond donors (Lipinski definition) is 3. The van der Waals surface area contributed by atoms with Gasteiger partial charge >= 0.3 is 0 Å². The molecule has 0 fully saturated rings. The Bertz CT molecular complexity index is 377. The summed E-state index contributed by atoms with van der Waals surface area (Å²) in [6.45, 7) is 1.99. The van der Waals surface area contributed by atoms with Gasteiger partial charge in [0.15, 0.2) is 0 Å². The van der Waals surface area contributed by atoms with Crippen molar-refractivity contribution in [1.82, 2.24) is 0 Å². The number of hydrogen-bond acceptors (Lipinski definition) is 4. The number of nitrogen functional groups attached to an aromatic ring is 1. The molecule has 16 heavy (non-hydrogen) atoms. The highest BCUT2D eigenvalue weighted by molar-refractivity contribution is 5.96. The van der Waals surface area contributed by atoms with Gasteiger partial charge in [-0.3, -0.25) is 4.79 Å². The average Bonchev–Trinajstić information content (AvgIpc) is 2.19. The molecule has 0 heterocycles. The first-order valence-electron chi connectivity index (χ1n) is 5.01. The zero-order valence-electron chi connectivity index (χ0n) is 9.14. The molecule has 5 heteroatoms. The Balaban J connectivity index is 2.75. The van der Waals surface area contributed by atoms with Crippen LogP contribution in [0.15, 0.2) is 18.2 Å². The highest BCUT2D eigenvalue weighted by Crippen LogP contribution is 2.21. The van der Waals surface area contributed by atoms with E-state index in [2.05, 4.69) is 0 Å². The van der Waals surface area contributed by atoms with Crippen LogP contribution >= 0.6 is 0 Å². The molecule has 0 spiro atoms. The predicted molar refractivity (Wildman–Crippen MR) is 61.2 cm³/mol. The van der Waals surface area contributed by atoms with Crippen LogP contribution in [0.4, 0.5) is 5.69 Å². The summed E-state index contributed by atoms with van der Waals surface area (Å²) < 4.78 is 5.35. The fourth-order valence-electron chi connectivity index (χ4n) is 1.21. The Morgan fingerprint density at radius 2 is 2.25 bits per heavy atom. The lowest BCUT2D eigenvalue weighted by Gasteiger charge is -2.11. The number of nitrogens with two attached hydrogens (primary N) is 2. The Kier molecular flexibility index (Phi) is 4.13. The van der Waals surface area contributed by atoms with Crippen molar-refractivity contribution in [3.05, 3.63) is 23.8 Å². The maximum absolute atomic E-state index is 11.1. The van der Waals surface area contributed by atoms with E-state index in [1.807, 2.05) is 0 Å². The molecular formula is C11H16N2O3. The first kappa shape index (κ1) is 12.3. The summed E-state index contributed by atoms with van der Waals surface area (Å²) in [6, 6.07) is 4.70. The van der Waals surface area contributed by atoms with Crippen molar-refractivity contribution >= 4 is 11.6 Å². The van der Waals surface area contributed by atoms with Gasteiger partial charge in [-0.05, 0) is 25.1 Å². The van der Waals surface area contributed by atoms with Crippen LogP contribution in [0.3, 0.4) is 0 Å². The molecule has 88 valence electrons. The Morgan fingerprint density at radius 1 is 1.56 bits per heavy atom. The number of carbonyl (C=O) groups is 1. The largest absolute Gasteiger partial charge is 0.493 e. The quantitative estimate of drug-likeness (QED) is 0.635. The molecule has 5 nitrogen and oxygen atoms in total. The third kappa shape index (κ3) is 3.43. The van der Waals surface area contributed by atoms with Crippen LogP contribution in [0, 0.1) is 0 Å². The van der Waals surface area contributed by atoms with E-state index in [1.165, 1.54) is 6.07 Å². The van der Waals surface area contributed by atoms with Crippen molar-refractivity contribution in [3.63, 3.8) is 0 Å². The van der Waals surface area contributed by atoms with Crippen molar-refractivity contribution in [2.45, 2.75) is 19.4 Å². The van der Waals surface area contributed by atoms with Crippen molar-refractivity contribution in [1.29, 1.82) is 0 Å². The highest BCUT2D eigenvalue weighted by Gasteiger charge is 2.10. The van der Waals surface area contributed by atoms with Crippen molar-refractivity contribution in [2.24, 2.45) is 5.73 Å². The van der Waals surface area contributed by atoms with Crippen LogP contribution in [0.2, 0.25) is 0 Å². The first-order valence-corrected chi connectivity index (χ1v) is 5.01. The summed E-state index contributed by atoms with van der Waals surface area (Å²) in [4.78, 5) is 11.1. The summed E-state index contributed by atoms with van der Waals surface area (Å²) in [6.07, 6.45) is 0.0496. The van der Waals surface area contributed by atoms with Gasteiger partial charge in [-0.15, -0.1) is 0 Å². The minimum absolute atomic E-state index is 0.255. The van der Waals surface area contributed by atoms with Gasteiger partial charge in [-0.25, -0.2) is 0 Å². The van der Waals surface area contributed by atoms with Gasteiger partial charge in [0.1, 0.15) is 5.75 Å². The number of rotatable bonds is 5. The van der Waals surface area contributed by atoms with Crippen LogP contribution < -0.4 is 16.2 Å². The molecular weight excluding hydrogens is 208 g/mol. The molecule has 1 aromatic carbocycles. The van der Waals surface area contributed by atoms with E-state index in [1.54, 1.807) is 19.1 Å². The molecule has 0 aromatic heterocycles. The molecule has 0 radical (unpaired) electrons. The van der Waals surface area contributed by atoms with Gasteiger partial charge in [0.05, 0.1) is 18.3 Å². The lowest BCUT2D eigenvalue weighted by Crippen LogP contribution is -2.15. The fraction of sp³-hybridized carbons (Fsp3) is 0.364. The van der Waals surface area contributed by atoms with Gasteiger partial charge in [0.25, 0.3) is 5.91 Å². The summed E-state index contributed by atoms with van der Waals surface area (Å²) in [5.74, 6) is -0.193. The smallest absolute Gasteiger partial charge is 0.252 e. The SMILES string of the molecule is CC(O)CCOc1ccc(N)cc1C(N)=O. The fourth-order valence-corrected chi connectivity index (χ4v) is 1.21. The summed E-state index contributed by atoms with van der Waals surface area (Å²) in [5, 5.41) is 9.06. The number of anilines is 1. The second kappa shape index (κ2) is 5.37. The third-order valence-electron chi connectivity index (χ3n) is 2.06. The zero-order valence-corrected chi connectivity index (χ0v) is 9.14. The van der Waals surface area contributed by atoms with Crippen LogP contribution in [0.1, 0.15) is 23.7 Å². The Labute approximate surface area is 94.0 Å². The molecule has 5 N–H and O–H groups in total. The third-order valence-corrected chi connectivity index (χ3v) is 2.06. The van der Waals surface area contributed by atoms with Gasteiger partial charge in [0.2, 0.25) is 0 Å². The summed E-state index contributed by atoms with van der Waals surface area (Å²) in [7, 11) is 0. The van der Waals surface area contributed by atoms with Crippen molar-refractivity contribution < 1.29 is 14.6 Å². The van der Waals surface area contributed by atoms with Crippen LogP contribution in [0.5, 0.6) is 5.75 Å². The van der Waals surface area contributed by atoms with Crippen LogP contribution in [-0.4, -0.2) is 23.7 Å². The predicted octanol–water partition coefficient (Wildman–Crippen LogP) is 0.517. The highest BCUT2D eigenvalue weighted by atomic mass is 16.5. The molecule has 1 amide bonds. The maximum atomic E-state index is 11.1. The van der Waals surface area contributed by atoms with Gasteiger partial charge in [-0.1, -0.05) is 0 Å². The lowest BCUT2D eigenvalue weighted by atomic mass is 10.1. The first-order chi connectivity index (χ1) is 7.50. The molecule has 1 rings (SSSR count). The number of ether oxygens (including phenoxy) is 1. The van der Waals surface area contributed by atoms with Crippen LogP contribution in [0.25, 0.3) is 0 Å². The van der Waals surface area contributed by atoms with E-state index in [9.17, 15) is 4.79 Å². The summed E-state index contributed by atoms with van der Waals surface area (Å²) in [5.41, 5.74) is 11.4. The minimum atomic E-state index is -0.584. The summed E-state index contributed by atoms with van der Waals surface area (Å²) >= 11 is 0. The minimum Gasteiger partial charge on any atom is -0.493 e. The number of benzene rings is 1.